The van der Waals surface area contributed by atoms with Gasteiger partial charge in [-0.2, -0.15) is 11.3 Å². The molecule has 25 heavy (non-hydrogen) atoms. The van der Waals surface area contributed by atoms with Crippen LogP contribution in [0.15, 0.2) is 23.0 Å². The lowest BCUT2D eigenvalue weighted by atomic mass is 9.90. The van der Waals surface area contributed by atoms with Gasteiger partial charge in [0.25, 0.3) is 0 Å². The molecule has 0 aliphatic carbocycles. The summed E-state index contributed by atoms with van der Waals surface area (Å²) in [5.41, 5.74) is 3.30. The normalized spacial score (nSPS) is 15.5. The van der Waals surface area contributed by atoms with Gasteiger partial charge in [0.15, 0.2) is 0 Å². The second kappa shape index (κ2) is 8.54. The highest BCUT2D eigenvalue weighted by molar-refractivity contribution is 7.08. The van der Waals surface area contributed by atoms with E-state index in [0.29, 0.717) is 25.6 Å². The summed E-state index contributed by atoms with van der Waals surface area (Å²) in [6, 6.07) is 2.03. The second-order valence-corrected chi connectivity index (χ2v) is 7.21. The van der Waals surface area contributed by atoms with E-state index >= 15 is 0 Å². The number of hydrogen-bond acceptors (Lipinski definition) is 5. The van der Waals surface area contributed by atoms with E-state index < -0.39 is 0 Å². The Bertz CT molecular complexity index is 695. The zero-order chi connectivity index (χ0) is 17.6. The minimum absolute atomic E-state index is 0.227. The fraction of sp³-hybridized carbons (Fsp3) is 0.526. The molecule has 0 bridgehead atoms. The number of thiophene rings is 1. The van der Waals surface area contributed by atoms with E-state index in [2.05, 4.69) is 9.97 Å². The van der Waals surface area contributed by atoms with Gasteiger partial charge in [0.05, 0.1) is 18.7 Å². The summed E-state index contributed by atoms with van der Waals surface area (Å²) in [6.07, 6.45) is 4.30. The molecule has 134 valence electrons. The van der Waals surface area contributed by atoms with Gasteiger partial charge in [-0.15, -0.1) is 0 Å². The molecule has 0 unspecified atom stereocenters. The van der Waals surface area contributed by atoms with Crippen molar-refractivity contribution in [2.45, 2.75) is 45.6 Å². The van der Waals surface area contributed by atoms with Crippen LogP contribution in [0.1, 0.15) is 48.3 Å². The van der Waals surface area contributed by atoms with Gasteiger partial charge in [0.1, 0.15) is 5.82 Å². The smallest absolute Gasteiger partial charge is 0.227 e. The summed E-state index contributed by atoms with van der Waals surface area (Å²) in [5.74, 6) is 1.40. The van der Waals surface area contributed by atoms with Crippen molar-refractivity contribution in [3.8, 4) is 0 Å². The summed E-state index contributed by atoms with van der Waals surface area (Å²) in [7, 11) is 0. The number of carbonyl (C=O) groups excluding carboxylic acids is 1. The van der Waals surface area contributed by atoms with Gasteiger partial charge in [-0.3, -0.25) is 4.79 Å². The Morgan fingerprint density at radius 1 is 1.40 bits per heavy atom. The fourth-order valence-corrected chi connectivity index (χ4v) is 3.94. The number of aromatic nitrogens is 2. The van der Waals surface area contributed by atoms with Crippen molar-refractivity contribution in [1.29, 1.82) is 0 Å². The topological polar surface area (TPSA) is 55.3 Å². The zero-order valence-corrected chi connectivity index (χ0v) is 15.7. The van der Waals surface area contributed by atoms with Crippen molar-refractivity contribution in [2.75, 3.05) is 19.7 Å². The van der Waals surface area contributed by atoms with Crippen LogP contribution < -0.4 is 0 Å². The van der Waals surface area contributed by atoms with Crippen molar-refractivity contribution in [1.82, 2.24) is 14.9 Å². The number of rotatable bonds is 6. The third-order valence-electron chi connectivity index (χ3n) is 4.65. The first kappa shape index (κ1) is 18.0. The number of amides is 1. The fourth-order valence-electron chi connectivity index (χ4n) is 3.27. The third-order valence-corrected chi connectivity index (χ3v) is 5.38. The lowest BCUT2D eigenvalue weighted by Gasteiger charge is -2.32. The number of piperidine rings is 1. The van der Waals surface area contributed by atoms with E-state index in [1.165, 1.54) is 0 Å². The Balaban J connectivity index is 1.62. The van der Waals surface area contributed by atoms with E-state index in [0.717, 1.165) is 48.6 Å². The minimum atomic E-state index is 0.227. The van der Waals surface area contributed by atoms with E-state index in [1.807, 2.05) is 41.8 Å². The Morgan fingerprint density at radius 3 is 2.88 bits per heavy atom. The highest BCUT2D eigenvalue weighted by Gasteiger charge is 2.26. The quantitative estimate of drug-likeness (QED) is 0.794. The van der Waals surface area contributed by atoms with Crippen LogP contribution in [0.3, 0.4) is 0 Å². The molecule has 0 radical (unpaired) electrons. The molecule has 0 atom stereocenters. The monoisotopic (exact) mass is 359 g/mol. The molecule has 3 heterocycles. The third kappa shape index (κ3) is 4.64. The van der Waals surface area contributed by atoms with E-state index in [4.69, 9.17) is 4.74 Å². The summed E-state index contributed by atoms with van der Waals surface area (Å²) in [5, 5.41) is 4.07. The summed E-state index contributed by atoms with van der Waals surface area (Å²) in [4.78, 5) is 23.5. The largest absolute Gasteiger partial charge is 0.377 e. The molecule has 6 heteroatoms. The average molecular weight is 359 g/mol. The van der Waals surface area contributed by atoms with Gasteiger partial charge in [0, 0.05) is 37.4 Å². The summed E-state index contributed by atoms with van der Waals surface area (Å²) < 4.78 is 5.57. The highest BCUT2D eigenvalue weighted by atomic mass is 32.1. The van der Waals surface area contributed by atoms with Crippen molar-refractivity contribution in [3.05, 3.63) is 45.7 Å². The van der Waals surface area contributed by atoms with Crippen LogP contribution >= 0.6 is 11.3 Å². The number of aryl methyl sites for hydroxylation is 1. The summed E-state index contributed by atoms with van der Waals surface area (Å²) in [6.45, 7) is 6.75. The highest BCUT2D eigenvalue weighted by Crippen LogP contribution is 2.29. The number of likely N-dealkylation sites (tertiary alicyclic amines) is 1. The molecule has 0 N–H and O–H groups in total. The van der Waals surface area contributed by atoms with Crippen LogP contribution in [0.5, 0.6) is 0 Å². The minimum Gasteiger partial charge on any atom is -0.377 e. The van der Waals surface area contributed by atoms with Crippen molar-refractivity contribution >= 4 is 17.2 Å². The maximum Gasteiger partial charge on any atom is 0.227 e. The van der Waals surface area contributed by atoms with Crippen molar-refractivity contribution in [2.24, 2.45) is 0 Å². The van der Waals surface area contributed by atoms with Crippen molar-refractivity contribution in [3.63, 3.8) is 0 Å². The van der Waals surface area contributed by atoms with Crippen LogP contribution in [0.2, 0.25) is 0 Å². The zero-order valence-electron chi connectivity index (χ0n) is 14.9. The van der Waals surface area contributed by atoms with Crippen LogP contribution in [0, 0.1) is 6.92 Å². The lowest BCUT2D eigenvalue weighted by molar-refractivity contribution is -0.131. The number of carbonyl (C=O) groups is 1. The van der Waals surface area contributed by atoms with Gasteiger partial charge in [-0.05, 0) is 49.1 Å². The van der Waals surface area contributed by atoms with E-state index in [-0.39, 0.29) is 5.91 Å². The SMILES string of the molecule is CCOCc1cnc(C)nc1C1CCN(C(=O)Cc2ccsc2)CC1. The molecule has 0 spiro atoms. The van der Waals surface area contributed by atoms with Crippen LogP contribution in [0.4, 0.5) is 0 Å². The Labute approximate surface area is 153 Å². The molecule has 1 aliphatic rings. The molecule has 1 amide bonds. The molecule has 1 aliphatic heterocycles. The number of ether oxygens (including phenoxy) is 1. The average Bonchev–Trinajstić information content (AvgIpc) is 3.14. The number of hydrogen-bond donors (Lipinski definition) is 0. The molecule has 0 saturated carbocycles. The van der Waals surface area contributed by atoms with Gasteiger partial charge in [-0.1, -0.05) is 0 Å². The van der Waals surface area contributed by atoms with Gasteiger partial charge in [0.2, 0.25) is 5.91 Å². The van der Waals surface area contributed by atoms with Crippen LogP contribution in [0.25, 0.3) is 0 Å². The molecule has 2 aromatic heterocycles. The van der Waals surface area contributed by atoms with Gasteiger partial charge in [-0.25, -0.2) is 9.97 Å². The predicted molar refractivity (Wildman–Crippen MR) is 98.7 cm³/mol. The standard InChI is InChI=1S/C19H25N3O2S/c1-3-24-12-17-11-20-14(2)21-19(17)16-4-7-22(8-5-16)18(23)10-15-6-9-25-13-15/h6,9,11,13,16H,3-5,7-8,10,12H2,1-2H3. The Kier molecular flexibility index (Phi) is 6.15. The van der Waals surface area contributed by atoms with Gasteiger partial charge < -0.3 is 9.64 Å². The molecule has 0 aromatic carbocycles. The Morgan fingerprint density at radius 2 is 2.20 bits per heavy atom. The molecular formula is C19H25N3O2S. The molecule has 3 rings (SSSR count). The maximum atomic E-state index is 12.5. The first-order chi connectivity index (χ1) is 12.2. The molecule has 1 fully saturated rings. The van der Waals surface area contributed by atoms with E-state index in [1.54, 1.807) is 11.3 Å². The first-order valence-electron chi connectivity index (χ1n) is 8.86. The summed E-state index contributed by atoms with van der Waals surface area (Å²) >= 11 is 1.64. The van der Waals surface area contributed by atoms with Crippen LogP contribution in [-0.4, -0.2) is 40.5 Å². The molecular weight excluding hydrogens is 334 g/mol. The number of nitrogens with zero attached hydrogens (tertiary/aromatic N) is 3. The Hall–Kier alpha value is -1.79. The first-order valence-corrected chi connectivity index (χ1v) is 9.80. The maximum absolute atomic E-state index is 12.5. The molecule has 5 nitrogen and oxygen atoms in total. The van der Waals surface area contributed by atoms with Gasteiger partial charge >= 0.3 is 0 Å². The predicted octanol–water partition coefficient (Wildman–Crippen LogP) is 3.33. The van der Waals surface area contributed by atoms with E-state index in [9.17, 15) is 4.79 Å². The second-order valence-electron chi connectivity index (χ2n) is 6.43. The molecule has 1 saturated heterocycles. The van der Waals surface area contributed by atoms with Crippen molar-refractivity contribution < 1.29 is 9.53 Å². The lowest BCUT2D eigenvalue weighted by Crippen LogP contribution is -2.39. The molecule has 2 aromatic rings. The van der Waals surface area contributed by atoms with Crippen LogP contribution in [-0.2, 0) is 22.6 Å².